The summed E-state index contributed by atoms with van der Waals surface area (Å²) < 4.78 is 0.727. The van der Waals surface area contributed by atoms with Crippen molar-refractivity contribution in [1.29, 1.82) is 0 Å². The minimum absolute atomic E-state index is 0.0436. The van der Waals surface area contributed by atoms with Crippen LogP contribution in [0.5, 0.6) is 0 Å². The molecule has 1 heterocycles. The number of carbonyl (C=O) groups excluding carboxylic acids is 3. The lowest BCUT2D eigenvalue weighted by Gasteiger charge is -2.34. The summed E-state index contributed by atoms with van der Waals surface area (Å²) in [6.07, 6.45) is 2.88. The molecule has 0 spiro atoms. The van der Waals surface area contributed by atoms with Crippen molar-refractivity contribution in [3.05, 3.63) is 69.7 Å². The predicted octanol–water partition coefficient (Wildman–Crippen LogP) is 3.75. The van der Waals surface area contributed by atoms with Crippen molar-refractivity contribution in [3.63, 3.8) is 0 Å². The molecule has 156 valence electrons. The molecule has 1 aliphatic heterocycles. The van der Waals surface area contributed by atoms with Crippen molar-refractivity contribution in [1.82, 2.24) is 15.1 Å². The molecule has 2 aromatic carbocycles. The SMILES string of the molecule is CN(C(=O)CN1C(=O)N[C@](C)(c2ccccc2Br)C1=O)[C@H]1CCCc2ccccc21. The summed E-state index contributed by atoms with van der Waals surface area (Å²) in [5, 5.41) is 2.76. The fourth-order valence-electron chi connectivity index (χ4n) is 4.44. The maximum Gasteiger partial charge on any atom is 0.325 e. The lowest BCUT2D eigenvalue weighted by atomic mass is 9.87. The van der Waals surface area contributed by atoms with E-state index in [9.17, 15) is 14.4 Å². The number of hydrogen-bond acceptors (Lipinski definition) is 3. The number of likely N-dealkylation sites (N-methyl/N-ethyl adjacent to an activating group) is 1. The Morgan fingerprint density at radius 3 is 2.67 bits per heavy atom. The van der Waals surface area contributed by atoms with E-state index in [4.69, 9.17) is 0 Å². The molecule has 2 atom stereocenters. The van der Waals surface area contributed by atoms with Crippen LogP contribution in [0.15, 0.2) is 53.0 Å². The molecule has 0 bridgehead atoms. The van der Waals surface area contributed by atoms with Crippen LogP contribution in [0.3, 0.4) is 0 Å². The molecule has 1 saturated heterocycles. The van der Waals surface area contributed by atoms with E-state index in [0.717, 1.165) is 34.2 Å². The van der Waals surface area contributed by atoms with Crippen LogP contribution in [0.4, 0.5) is 4.79 Å². The van der Waals surface area contributed by atoms with Gasteiger partial charge in [-0.2, -0.15) is 0 Å². The number of carbonyl (C=O) groups is 3. The number of nitrogens with one attached hydrogen (secondary N) is 1. The van der Waals surface area contributed by atoms with Crippen molar-refractivity contribution in [2.24, 2.45) is 0 Å². The van der Waals surface area contributed by atoms with Crippen LogP contribution in [0, 0.1) is 0 Å². The number of nitrogens with zero attached hydrogens (tertiary/aromatic N) is 2. The molecule has 0 unspecified atom stereocenters. The highest BCUT2D eigenvalue weighted by atomic mass is 79.9. The standard InChI is InChI=1S/C23H24BrN3O3/c1-23(17-11-5-6-12-18(17)24)21(29)27(22(30)25-23)14-20(28)26(2)19-13-7-9-15-8-3-4-10-16(15)19/h3-6,8,10-12,19H,7,9,13-14H2,1-2H3,(H,25,30)/t19-,23+/m0/s1. The first-order chi connectivity index (χ1) is 14.3. The molecule has 6 nitrogen and oxygen atoms in total. The molecule has 1 fully saturated rings. The zero-order valence-corrected chi connectivity index (χ0v) is 18.6. The molecule has 7 heteroatoms. The first-order valence-corrected chi connectivity index (χ1v) is 10.8. The minimum Gasteiger partial charge on any atom is -0.337 e. The third-order valence-electron chi connectivity index (χ3n) is 6.18. The third kappa shape index (κ3) is 3.41. The van der Waals surface area contributed by atoms with Gasteiger partial charge in [-0.1, -0.05) is 58.4 Å². The Hall–Kier alpha value is -2.67. The Morgan fingerprint density at radius 2 is 1.90 bits per heavy atom. The number of urea groups is 1. The molecule has 1 N–H and O–H groups in total. The summed E-state index contributed by atoms with van der Waals surface area (Å²) in [6.45, 7) is 1.39. The number of rotatable bonds is 4. The highest BCUT2D eigenvalue weighted by Gasteiger charge is 2.50. The normalized spacial score (nSPS) is 23.2. The van der Waals surface area contributed by atoms with Gasteiger partial charge in [0, 0.05) is 17.1 Å². The molecule has 2 aromatic rings. The second kappa shape index (κ2) is 7.87. The average molecular weight is 470 g/mol. The fraction of sp³-hybridized carbons (Fsp3) is 0.348. The highest BCUT2D eigenvalue weighted by molar-refractivity contribution is 9.10. The largest absolute Gasteiger partial charge is 0.337 e. The quantitative estimate of drug-likeness (QED) is 0.693. The van der Waals surface area contributed by atoms with Gasteiger partial charge in [0.15, 0.2) is 0 Å². The summed E-state index contributed by atoms with van der Waals surface area (Å²) in [4.78, 5) is 41.6. The van der Waals surface area contributed by atoms with Gasteiger partial charge in [0.25, 0.3) is 5.91 Å². The van der Waals surface area contributed by atoms with Crippen molar-refractivity contribution >= 4 is 33.8 Å². The Labute approximate surface area is 184 Å². The van der Waals surface area contributed by atoms with Crippen molar-refractivity contribution in [2.45, 2.75) is 37.8 Å². The van der Waals surface area contributed by atoms with Crippen LogP contribution in [0.1, 0.15) is 42.5 Å². The van der Waals surface area contributed by atoms with E-state index in [1.54, 1.807) is 24.9 Å². The van der Waals surface area contributed by atoms with Crippen LogP contribution < -0.4 is 5.32 Å². The van der Waals surface area contributed by atoms with Crippen LogP contribution in [-0.2, 0) is 21.5 Å². The van der Waals surface area contributed by atoms with Gasteiger partial charge in [-0.05, 0) is 43.4 Å². The molecule has 0 radical (unpaired) electrons. The number of benzene rings is 2. The van der Waals surface area contributed by atoms with Crippen molar-refractivity contribution in [2.75, 3.05) is 13.6 Å². The summed E-state index contributed by atoms with van der Waals surface area (Å²) in [5.41, 5.74) is 1.85. The minimum atomic E-state index is -1.21. The van der Waals surface area contributed by atoms with E-state index in [-0.39, 0.29) is 18.5 Å². The second-order valence-corrected chi connectivity index (χ2v) is 8.89. The fourth-order valence-corrected chi connectivity index (χ4v) is 5.12. The molecule has 0 aromatic heterocycles. The summed E-state index contributed by atoms with van der Waals surface area (Å²) in [7, 11) is 1.75. The molecule has 0 saturated carbocycles. The lowest BCUT2D eigenvalue weighted by molar-refractivity contribution is -0.139. The monoisotopic (exact) mass is 469 g/mol. The first kappa shape index (κ1) is 20.6. The maximum atomic E-state index is 13.2. The van der Waals surface area contributed by atoms with E-state index in [1.165, 1.54) is 5.56 Å². The van der Waals surface area contributed by atoms with E-state index in [2.05, 4.69) is 33.4 Å². The van der Waals surface area contributed by atoms with Gasteiger partial charge >= 0.3 is 6.03 Å². The Morgan fingerprint density at radius 1 is 1.20 bits per heavy atom. The zero-order valence-electron chi connectivity index (χ0n) is 17.0. The number of halogens is 1. The molecule has 2 aliphatic rings. The van der Waals surface area contributed by atoms with Crippen molar-refractivity contribution in [3.8, 4) is 0 Å². The molecule has 4 amide bonds. The number of amides is 4. The molecule has 1 aliphatic carbocycles. The van der Waals surface area contributed by atoms with Gasteiger partial charge < -0.3 is 10.2 Å². The Bertz CT molecular complexity index is 1020. The van der Waals surface area contributed by atoms with Gasteiger partial charge in [0.2, 0.25) is 5.91 Å². The average Bonchev–Trinajstić information content (AvgIpc) is 2.96. The lowest BCUT2D eigenvalue weighted by Crippen LogP contribution is -2.44. The van der Waals surface area contributed by atoms with Crippen LogP contribution in [0.25, 0.3) is 0 Å². The third-order valence-corrected chi connectivity index (χ3v) is 6.87. The van der Waals surface area contributed by atoms with Crippen LogP contribution >= 0.6 is 15.9 Å². The van der Waals surface area contributed by atoms with Gasteiger partial charge in [0.1, 0.15) is 12.1 Å². The zero-order chi connectivity index (χ0) is 21.5. The van der Waals surface area contributed by atoms with Gasteiger partial charge in [-0.3, -0.25) is 14.5 Å². The topological polar surface area (TPSA) is 69.7 Å². The molecular weight excluding hydrogens is 446 g/mol. The molecule has 4 rings (SSSR count). The van der Waals surface area contributed by atoms with Crippen LogP contribution in [-0.4, -0.2) is 41.2 Å². The number of hydrogen-bond donors (Lipinski definition) is 1. The molecular formula is C23H24BrN3O3. The first-order valence-electron chi connectivity index (χ1n) is 10.1. The van der Waals surface area contributed by atoms with Gasteiger partial charge in [0.05, 0.1) is 6.04 Å². The summed E-state index contributed by atoms with van der Waals surface area (Å²) >= 11 is 3.45. The number of imide groups is 1. The second-order valence-electron chi connectivity index (χ2n) is 8.04. The van der Waals surface area contributed by atoms with E-state index in [0.29, 0.717) is 5.56 Å². The maximum absolute atomic E-state index is 13.2. The Kier molecular flexibility index (Phi) is 5.40. The number of aryl methyl sites for hydroxylation is 1. The summed E-state index contributed by atoms with van der Waals surface area (Å²) in [6, 6.07) is 14.8. The van der Waals surface area contributed by atoms with Gasteiger partial charge in [-0.25, -0.2) is 4.79 Å². The predicted molar refractivity (Wildman–Crippen MR) is 117 cm³/mol. The van der Waals surface area contributed by atoms with E-state index in [1.807, 2.05) is 30.3 Å². The van der Waals surface area contributed by atoms with Gasteiger partial charge in [-0.15, -0.1) is 0 Å². The Balaban J connectivity index is 1.53. The molecule has 30 heavy (non-hydrogen) atoms. The smallest absolute Gasteiger partial charge is 0.325 e. The number of fused-ring (bicyclic) bond motifs is 1. The van der Waals surface area contributed by atoms with Crippen LogP contribution in [0.2, 0.25) is 0 Å². The van der Waals surface area contributed by atoms with E-state index < -0.39 is 17.5 Å². The van der Waals surface area contributed by atoms with Crippen molar-refractivity contribution < 1.29 is 14.4 Å². The van der Waals surface area contributed by atoms with E-state index >= 15 is 0 Å². The highest BCUT2D eigenvalue weighted by Crippen LogP contribution is 2.35. The summed E-state index contributed by atoms with van der Waals surface area (Å²) in [5.74, 6) is -0.679.